The number of ketones is 1. The summed E-state index contributed by atoms with van der Waals surface area (Å²) in [7, 11) is 0. The van der Waals surface area contributed by atoms with Crippen LogP contribution in [0.15, 0.2) is 36.9 Å². The second kappa shape index (κ2) is 13.3. The molecule has 3 N–H and O–H groups in total. The molecular weight excluding hydrogens is 572 g/mol. The lowest BCUT2D eigenvalue weighted by Gasteiger charge is -2.35. The minimum absolute atomic E-state index is 0.0962. The van der Waals surface area contributed by atoms with Crippen LogP contribution in [0.4, 0.5) is 4.79 Å². The average Bonchev–Trinajstić information content (AvgIpc) is 3.52. The van der Waals surface area contributed by atoms with Gasteiger partial charge in [0.25, 0.3) is 5.91 Å². The number of piperidine rings is 1. The van der Waals surface area contributed by atoms with E-state index >= 15 is 0 Å². The maximum atomic E-state index is 14.5. The van der Waals surface area contributed by atoms with E-state index < -0.39 is 41.8 Å². The van der Waals surface area contributed by atoms with Gasteiger partial charge in [0.1, 0.15) is 18.2 Å². The number of nitrogens with one attached hydrogen (secondary N) is 3. The summed E-state index contributed by atoms with van der Waals surface area (Å²) in [5.41, 5.74) is 2.14. The summed E-state index contributed by atoms with van der Waals surface area (Å²) in [5.74, 6) is -2.17. The molecule has 7 atom stereocenters. The second-order valence-electron chi connectivity index (χ2n) is 14.0. The van der Waals surface area contributed by atoms with E-state index in [0.717, 1.165) is 30.4 Å². The fourth-order valence-corrected chi connectivity index (χ4v) is 8.01. The average molecular weight is 621 g/mol. The van der Waals surface area contributed by atoms with E-state index in [0.29, 0.717) is 32.2 Å². The van der Waals surface area contributed by atoms with Crippen LogP contribution in [0, 0.1) is 29.1 Å². The lowest BCUT2D eigenvalue weighted by atomic mass is 9.93. The Morgan fingerprint density at radius 1 is 1.09 bits per heavy atom. The highest BCUT2D eigenvalue weighted by Crippen LogP contribution is 2.65. The summed E-state index contributed by atoms with van der Waals surface area (Å²) in [5, 5.41) is 8.27. The Morgan fingerprint density at radius 2 is 1.78 bits per heavy atom. The maximum absolute atomic E-state index is 14.5. The van der Waals surface area contributed by atoms with Crippen molar-refractivity contribution in [2.75, 3.05) is 13.1 Å². The molecule has 1 heterocycles. The van der Waals surface area contributed by atoms with Crippen LogP contribution >= 0.6 is 0 Å². The van der Waals surface area contributed by atoms with Crippen LogP contribution in [0.3, 0.4) is 0 Å². The van der Waals surface area contributed by atoms with Crippen LogP contribution in [-0.2, 0) is 36.8 Å². The monoisotopic (exact) mass is 620 g/mol. The number of benzene rings is 1. The molecule has 2 saturated carbocycles. The number of carbonyl (C=O) groups excluding carboxylic acids is 5. The van der Waals surface area contributed by atoms with E-state index in [4.69, 9.17) is 4.74 Å². The normalized spacial score (nSPS) is 27.5. The molecule has 0 radical (unpaired) electrons. The lowest BCUT2D eigenvalue weighted by molar-refractivity contribution is -0.144. The smallest absolute Gasteiger partial charge is 0.408 e. The fraction of sp³-hybridized carbons (Fsp3) is 0.629. The predicted octanol–water partition coefficient (Wildman–Crippen LogP) is 3.32. The Balaban J connectivity index is 1.37. The summed E-state index contributed by atoms with van der Waals surface area (Å²) in [6.07, 6.45) is 5.62. The molecule has 1 saturated heterocycles. The zero-order valence-electron chi connectivity index (χ0n) is 27.0. The molecule has 4 amide bonds. The number of ether oxygens (including phenoxy) is 1. The van der Waals surface area contributed by atoms with Gasteiger partial charge in [-0.05, 0) is 78.7 Å². The Labute approximate surface area is 266 Å². The molecule has 0 spiro atoms. The number of nitrogens with zero attached hydrogens (tertiary/aromatic N) is 1. The molecule has 3 aliphatic carbocycles. The third-order valence-corrected chi connectivity index (χ3v) is 10.7. The van der Waals surface area contributed by atoms with Gasteiger partial charge in [-0.25, -0.2) is 4.79 Å². The van der Waals surface area contributed by atoms with E-state index in [1.54, 1.807) is 4.90 Å². The van der Waals surface area contributed by atoms with Gasteiger partial charge in [0.05, 0.1) is 6.04 Å². The summed E-state index contributed by atoms with van der Waals surface area (Å²) in [6.45, 7) is 12.2. The standard InChI is InChI=1S/C35H48N4O6/c1-6-11-25(30(40)32(42)36-16-7-2)37-31(41)29-27-24(35(27,4)5)19-39(29)33(43)28(23-17-21-13-8-9-14-22(21)18-23)38-34(44)45-26-15-10-12-20(26)3/h7-9,13-14,20,23-29H,2,6,10-12,15-19H2,1,3-5H3,(H,36,42)(H,37,41)(H,38,44)/t20-,24-,25?,26+,27-,28-,29-/m0/s1. The van der Waals surface area contributed by atoms with Gasteiger partial charge in [0, 0.05) is 13.1 Å². The van der Waals surface area contributed by atoms with Crippen molar-refractivity contribution in [3.63, 3.8) is 0 Å². The molecule has 45 heavy (non-hydrogen) atoms. The lowest BCUT2D eigenvalue weighted by Crippen LogP contribution is -2.59. The van der Waals surface area contributed by atoms with Crippen molar-refractivity contribution < 1.29 is 28.7 Å². The number of hydrogen-bond acceptors (Lipinski definition) is 6. The molecule has 244 valence electrons. The SMILES string of the molecule is C=CCNC(=O)C(=O)C(CCC)NC(=O)[C@@H]1[C@@H]2[C@H](CN1C(=O)[C@@H](NC(=O)O[C@@H]1CCC[C@@H]1C)C1Cc3ccccc3C1)C2(C)C. The van der Waals surface area contributed by atoms with E-state index in [2.05, 4.69) is 55.4 Å². The third-order valence-electron chi connectivity index (χ3n) is 10.7. The van der Waals surface area contributed by atoms with Crippen molar-refractivity contribution in [2.24, 2.45) is 29.1 Å². The van der Waals surface area contributed by atoms with Crippen LogP contribution in [0.5, 0.6) is 0 Å². The quantitative estimate of drug-likeness (QED) is 0.243. The van der Waals surface area contributed by atoms with Crippen molar-refractivity contribution >= 4 is 29.6 Å². The Hall–Kier alpha value is -3.69. The highest BCUT2D eigenvalue weighted by molar-refractivity contribution is 6.38. The maximum Gasteiger partial charge on any atom is 0.408 e. The van der Waals surface area contributed by atoms with Crippen LogP contribution < -0.4 is 16.0 Å². The summed E-state index contributed by atoms with van der Waals surface area (Å²) in [6, 6.07) is 5.35. The van der Waals surface area contributed by atoms with E-state index in [1.807, 2.05) is 19.1 Å². The minimum atomic E-state index is -1.01. The van der Waals surface area contributed by atoms with Gasteiger partial charge < -0.3 is 25.6 Å². The number of amides is 4. The van der Waals surface area contributed by atoms with Crippen molar-refractivity contribution in [1.29, 1.82) is 0 Å². The van der Waals surface area contributed by atoms with Gasteiger partial charge in [-0.2, -0.15) is 0 Å². The molecular formula is C35H48N4O6. The second-order valence-corrected chi connectivity index (χ2v) is 14.0. The number of likely N-dealkylation sites (tertiary alicyclic amines) is 1. The summed E-state index contributed by atoms with van der Waals surface area (Å²) in [4.78, 5) is 68.9. The van der Waals surface area contributed by atoms with Crippen LogP contribution in [0.2, 0.25) is 0 Å². The molecule has 5 rings (SSSR count). The number of rotatable bonds is 12. The molecule has 10 nitrogen and oxygen atoms in total. The van der Waals surface area contributed by atoms with Gasteiger partial charge in [-0.15, -0.1) is 6.58 Å². The molecule has 0 aromatic heterocycles. The molecule has 1 aromatic rings. The molecule has 4 aliphatic rings. The number of alkyl carbamates (subject to hydrolysis) is 1. The van der Waals surface area contributed by atoms with Gasteiger partial charge in [0.15, 0.2) is 0 Å². The summed E-state index contributed by atoms with van der Waals surface area (Å²) < 4.78 is 5.82. The highest BCUT2D eigenvalue weighted by Gasteiger charge is 2.69. The molecule has 1 aliphatic heterocycles. The van der Waals surface area contributed by atoms with Gasteiger partial charge in [0.2, 0.25) is 17.6 Å². The van der Waals surface area contributed by atoms with Crippen LogP contribution in [0.1, 0.15) is 70.9 Å². The molecule has 0 bridgehead atoms. The Bertz CT molecular complexity index is 1320. The van der Waals surface area contributed by atoms with Crippen LogP contribution in [0.25, 0.3) is 0 Å². The largest absolute Gasteiger partial charge is 0.446 e. The fourth-order valence-electron chi connectivity index (χ4n) is 8.01. The van der Waals surface area contributed by atoms with Gasteiger partial charge >= 0.3 is 6.09 Å². The Kier molecular flexibility index (Phi) is 9.70. The summed E-state index contributed by atoms with van der Waals surface area (Å²) >= 11 is 0. The third kappa shape index (κ3) is 6.65. The van der Waals surface area contributed by atoms with E-state index in [9.17, 15) is 24.0 Å². The zero-order chi connectivity index (χ0) is 32.5. The van der Waals surface area contributed by atoms with Crippen molar-refractivity contribution in [1.82, 2.24) is 20.9 Å². The number of carbonyl (C=O) groups is 5. The first-order valence-corrected chi connectivity index (χ1v) is 16.6. The molecule has 1 unspecified atom stereocenters. The predicted molar refractivity (Wildman–Crippen MR) is 169 cm³/mol. The van der Waals surface area contributed by atoms with Gasteiger partial charge in [-0.1, -0.05) is 64.5 Å². The number of fused-ring (bicyclic) bond motifs is 2. The zero-order valence-corrected chi connectivity index (χ0v) is 27.0. The van der Waals surface area contributed by atoms with Crippen molar-refractivity contribution in [3.05, 3.63) is 48.0 Å². The van der Waals surface area contributed by atoms with Crippen LogP contribution in [-0.4, -0.2) is 71.8 Å². The number of Topliss-reactive ketones (excluding diaryl/α,β-unsaturated/α-hetero) is 1. The first-order valence-electron chi connectivity index (χ1n) is 16.6. The van der Waals surface area contributed by atoms with E-state index in [-0.39, 0.29) is 47.6 Å². The highest BCUT2D eigenvalue weighted by atomic mass is 16.6. The minimum Gasteiger partial charge on any atom is -0.446 e. The first-order chi connectivity index (χ1) is 21.5. The van der Waals surface area contributed by atoms with Crippen molar-refractivity contribution in [3.8, 4) is 0 Å². The van der Waals surface area contributed by atoms with Crippen molar-refractivity contribution in [2.45, 2.75) is 96.9 Å². The Morgan fingerprint density at radius 3 is 2.38 bits per heavy atom. The topological polar surface area (TPSA) is 134 Å². The van der Waals surface area contributed by atoms with E-state index in [1.165, 1.54) is 6.08 Å². The molecule has 1 aromatic carbocycles. The first kappa shape index (κ1) is 32.7. The number of hydrogen-bond donors (Lipinski definition) is 3. The van der Waals surface area contributed by atoms with Gasteiger partial charge in [-0.3, -0.25) is 19.2 Å². The molecule has 10 heteroatoms. The molecule has 3 fully saturated rings.